The van der Waals surface area contributed by atoms with Crippen molar-refractivity contribution in [2.45, 2.75) is 75.7 Å². The number of alkyl halides is 3. The Morgan fingerprint density at radius 1 is 1.12 bits per heavy atom. The predicted molar refractivity (Wildman–Crippen MR) is 149 cm³/mol. The second-order valence-electron chi connectivity index (χ2n) is 12.6. The Hall–Kier alpha value is -2.73. The van der Waals surface area contributed by atoms with E-state index >= 15 is 0 Å². The van der Waals surface area contributed by atoms with Crippen molar-refractivity contribution in [3.05, 3.63) is 64.5 Å². The lowest BCUT2D eigenvalue weighted by Crippen LogP contribution is -2.63. The van der Waals surface area contributed by atoms with Gasteiger partial charge in [0, 0.05) is 49.5 Å². The van der Waals surface area contributed by atoms with Crippen LogP contribution in [0.25, 0.3) is 0 Å². The SMILES string of the molecule is Cc1cc(N2CCN([C@@H]3CC[C@@](C(=O)N4Cc5cc(C(F)(F)F)ccc5[C@@](N)(O)C4)(C4CC4)OC3)C[C@@H]2C)ccc1F. The summed E-state index contributed by atoms with van der Waals surface area (Å²) >= 11 is 0. The number of β-amino-alcohol motifs (C(OH)–C–C–N with tert-alkyl or cyclic N) is 1. The first-order chi connectivity index (χ1) is 19.8. The largest absolute Gasteiger partial charge is 0.416 e. The first-order valence-corrected chi connectivity index (χ1v) is 14.7. The Morgan fingerprint density at radius 2 is 1.88 bits per heavy atom. The van der Waals surface area contributed by atoms with Gasteiger partial charge in [-0.05, 0) is 86.9 Å². The van der Waals surface area contributed by atoms with Crippen LogP contribution in [0.5, 0.6) is 0 Å². The highest BCUT2D eigenvalue weighted by Crippen LogP contribution is 2.49. The van der Waals surface area contributed by atoms with E-state index < -0.39 is 23.1 Å². The molecule has 1 aliphatic carbocycles. The molecule has 4 aliphatic rings. The zero-order valence-corrected chi connectivity index (χ0v) is 24.0. The van der Waals surface area contributed by atoms with Crippen LogP contribution in [0.2, 0.25) is 0 Å². The number of ether oxygens (including phenoxy) is 1. The molecule has 0 unspecified atom stereocenters. The Balaban J connectivity index is 1.14. The molecular weight excluding hydrogens is 552 g/mol. The van der Waals surface area contributed by atoms with E-state index in [1.807, 2.05) is 12.1 Å². The minimum absolute atomic E-state index is 0.0391. The van der Waals surface area contributed by atoms with Crippen LogP contribution in [0.1, 0.15) is 54.9 Å². The summed E-state index contributed by atoms with van der Waals surface area (Å²) in [4.78, 5) is 20.2. The molecule has 42 heavy (non-hydrogen) atoms. The van der Waals surface area contributed by atoms with E-state index in [4.69, 9.17) is 10.5 Å². The minimum atomic E-state index is -4.55. The summed E-state index contributed by atoms with van der Waals surface area (Å²) in [5.74, 6) is -0.480. The van der Waals surface area contributed by atoms with Crippen molar-refractivity contribution in [3.8, 4) is 0 Å². The van der Waals surface area contributed by atoms with Gasteiger partial charge in [-0.15, -0.1) is 0 Å². The summed E-state index contributed by atoms with van der Waals surface area (Å²) in [7, 11) is 0. The van der Waals surface area contributed by atoms with Crippen LogP contribution < -0.4 is 10.6 Å². The highest BCUT2D eigenvalue weighted by atomic mass is 19.4. The number of fused-ring (bicyclic) bond motifs is 1. The summed E-state index contributed by atoms with van der Waals surface area (Å²) < 4.78 is 60.5. The molecule has 1 amide bonds. The van der Waals surface area contributed by atoms with E-state index in [9.17, 15) is 27.5 Å². The maximum atomic E-state index is 14.1. The van der Waals surface area contributed by atoms with Crippen molar-refractivity contribution in [3.63, 3.8) is 0 Å². The van der Waals surface area contributed by atoms with E-state index in [1.165, 1.54) is 17.0 Å². The lowest BCUT2D eigenvalue weighted by molar-refractivity contribution is -0.180. The normalized spacial score (nSPS) is 30.8. The lowest BCUT2D eigenvalue weighted by atomic mass is 9.83. The zero-order chi connectivity index (χ0) is 30.0. The number of benzene rings is 2. The van der Waals surface area contributed by atoms with Gasteiger partial charge in [-0.2, -0.15) is 13.2 Å². The predicted octanol–water partition coefficient (Wildman–Crippen LogP) is 4.14. The molecule has 1 saturated carbocycles. The van der Waals surface area contributed by atoms with Gasteiger partial charge in [0.05, 0.1) is 18.7 Å². The Kier molecular flexibility index (Phi) is 7.31. The molecule has 0 aromatic heterocycles. The zero-order valence-electron chi connectivity index (χ0n) is 24.0. The quantitative estimate of drug-likeness (QED) is 0.412. The molecule has 6 rings (SSSR count). The number of halogens is 4. The molecule has 3 N–H and O–H groups in total. The first-order valence-electron chi connectivity index (χ1n) is 14.7. The minimum Gasteiger partial charge on any atom is -0.370 e. The first kappa shape index (κ1) is 29.3. The number of nitrogens with zero attached hydrogens (tertiary/aromatic N) is 3. The maximum Gasteiger partial charge on any atom is 0.416 e. The van der Waals surface area contributed by atoms with Gasteiger partial charge >= 0.3 is 6.18 Å². The Labute approximate surface area is 243 Å². The van der Waals surface area contributed by atoms with Gasteiger partial charge in [0.1, 0.15) is 11.4 Å². The van der Waals surface area contributed by atoms with Gasteiger partial charge in [0.15, 0.2) is 5.72 Å². The highest BCUT2D eigenvalue weighted by Gasteiger charge is 2.57. The van der Waals surface area contributed by atoms with Crippen LogP contribution in [-0.2, 0) is 28.0 Å². The number of hydrogen-bond donors (Lipinski definition) is 2. The summed E-state index contributed by atoms with van der Waals surface area (Å²) in [6, 6.07) is 8.63. The van der Waals surface area contributed by atoms with Crippen molar-refractivity contribution >= 4 is 11.6 Å². The standard InChI is InChI=1S/C31H38F4N4O3/c1-19-13-24(6-8-27(19)32)39-12-11-37(15-20(39)2)25-9-10-29(42-17-25,22-3-4-22)28(40)38-16-21-14-23(31(33,34)35)5-7-26(21)30(36,41)18-38/h5-8,13-14,20,22,25,41H,3-4,9-12,15-18,36H2,1-2H3/t20-,25+,29-,30-/m0/s1. The molecule has 3 fully saturated rings. The average Bonchev–Trinajstić information content (AvgIpc) is 3.79. The maximum absolute atomic E-state index is 14.1. The molecule has 0 radical (unpaired) electrons. The molecule has 7 nitrogen and oxygen atoms in total. The van der Waals surface area contributed by atoms with Crippen LogP contribution >= 0.6 is 0 Å². The van der Waals surface area contributed by atoms with Crippen molar-refractivity contribution < 1.29 is 32.2 Å². The van der Waals surface area contributed by atoms with Crippen LogP contribution in [0.3, 0.4) is 0 Å². The number of aryl methyl sites for hydroxylation is 1. The molecule has 3 aliphatic heterocycles. The molecule has 0 bridgehead atoms. The smallest absolute Gasteiger partial charge is 0.370 e. The molecule has 2 saturated heterocycles. The summed E-state index contributed by atoms with van der Waals surface area (Å²) in [5, 5.41) is 11.0. The number of hydrogen-bond acceptors (Lipinski definition) is 6. The topological polar surface area (TPSA) is 82.3 Å². The Morgan fingerprint density at radius 3 is 2.50 bits per heavy atom. The van der Waals surface area contributed by atoms with Gasteiger partial charge in [-0.1, -0.05) is 6.07 Å². The Bertz CT molecular complexity index is 1350. The van der Waals surface area contributed by atoms with E-state index in [1.54, 1.807) is 6.92 Å². The van der Waals surface area contributed by atoms with Crippen LogP contribution in [0.4, 0.5) is 23.2 Å². The van der Waals surface area contributed by atoms with Crippen molar-refractivity contribution in [1.82, 2.24) is 9.80 Å². The average molecular weight is 591 g/mol. The molecule has 4 atom stereocenters. The third-order valence-electron chi connectivity index (χ3n) is 9.61. The summed E-state index contributed by atoms with van der Waals surface area (Å²) in [5.41, 5.74) is 4.30. The fourth-order valence-electron chi connectivity index (χ4n) is 7.17. The third-order valence-corrected chi connectivity index (χ3v) is 9.61. The van der Waals surface area contributed by atoms with Gasteiger partial charge in [-0.25, -0.2) is 4.39 Å². The molecule has 228 valence electrons. The third kappa shape index (κ3) is 5.29. The number of rotatable bonds is 4. The second-order valence-corrected chi connectivity index (χ2v) is 12.6. The molecule has 2 aromatic carbocycles. The number of carbonyl (C=O) groups excluding carboxylic acids is 1. The summed E-state index contributed by atoms with van der Waals surface area (Å²) in [6.07, 6.45) is -1.61. The number of amides is 1. The number of piperazine rings is 1. The fraction of sp³-hybridized carbons (Fsp3) is 0.581. The van der Waals surface area contributed by atoms with E-state index in [2.05, 4.69) is 16.7 Å². The van der Waals surface area contributed by atoms with Gasteiger partial charge < -0.3 is 19.6 Å². The highest BCUT2D eigenvalue weighted by molar-refractivity contribution is 5.86. The molecule has 2 aromatic rings. The van der Waals surface area contributed by atoms with Crippen molar-refractivity contribution in [2.75, 3.05) is 37.7 Å². The number of nitrogens with two attached hydrogens (primary N) is 1. The molecule has 11 heteroatoms. The van der Waals surface area contributed by atoms with Gasteiger partial charge in [0.25, 0.3) is 5.91 Å². The van der Waals surface area contributed by atoms with E-state index in [0.717, 1.165) is 56.7 Å². The summed E-state index contributed by atoms with van der Waals surface area (Å²) in [6.45, 7) is 6.41. The lowest BCUT2D eigenvalue weighted by Gasteiger charge is -2.49. The molecule has 3 heterocycles. The van der Waals surface area contributed by atoms with Gasteiger partial charge in [0.2, 0.25) is 0 Å². The van der Waals surface area contributed by atoms with E-state index in [0.29, 0.717) is 18.6 Å². The number of carbonyl (C=O) groups is 1. The van der Waals surface area contributed by atoms with Crippen LogP contribution in [0, 0.1) is 18.7 Å². The van der Waals surface area contributed by atoms with Crippen LogP contribution in [0.15, 0.2) is 36.4 Å². The van der Waals surface area contributed by atoms with E-state index in [-0.39, 0.29) is 53.9 Å². The molecular formula is C31H38F4N4O3. The van der Waals surface area contributed by atoms with Crippen molar-refractivity contribution in [1.29, 1.82) is 0 Å². The van der Waals surface area contributed by atoms with Crippen LogP contribution in [-0.4, -0.2) is 71.3 Å². The fourth-order valence-corrected chi connectivity index (χ4v) is 7.17. The van der Waals surface area contributed by atoms with Crippen molar-refractivity contribution in [2.24, 2.45) is 11.7 Å². The number of aliphatic hydroxyl groups is 1. The second kappa shape index (κ2) is 10.5. The monoisotopic (exact) mass is 590 g/mol. The van der Waals surface area contributed by atoms with Gasteiger partial charge in [-0.3, -0.25) is 15.4 Å². The number of anilines is 1. The molecule has 0 spiro atoms.